The van der Waals surface area contributed by atoms with E-state index < -0.39 is 0 Å². The molecule has 0 saturated heterocycles. The van der Waals surface area contributed by atoms with Crippen LogP contribution in [0.15, 0.2) is 24.3 Å². The predicted octanol–water partition coefficient (Wildman–Crippen LogP) is 1.72. The Kier molecular flexibility index (Phi) is 4.56. The van der Waals surface area contributed by atoms with Crippen LogP contribution in [0.4, 0.5) is 0 Å². The highest BCUT2D eigenvalue weighted by Gasteiger charge is 2.38. The Morgan fingerprint density at radius 1 is 1.37 bits per heavy atom. The number of hydrogen-bond acceptors (Lipinski definition) is 3. The van der Waals surface area contributed by atoms with Gasteiger partial charge in [-0.15, -0.1) is 0 Å². The van der Waals surface area contributed by atoms with Gasteiger partial charge in [-0.05, 0) is 30.4 Å². The maximum absolute atomic E-state index is 12.0. The number of ether oxygens (including phenoxy) is 1. The van der Waals surface area contributed by atoms with Gasteiger partial charge in [-0.3, -0.25) is 4.79 Å². The van der Waals surface area contributed by atoms with Crippen molar-refractivity contribution < 1.29 is 9.53 Å². The molecule has 0 aromatic heterocycles. The lowest BCUT2D eigenvalue weighted by atomic mass is 9.77. The molecule has 4 nitrogen and oxygen atoms in total. The molecule has 0 heterocycles. The third-order valence-electron chi connectivity index (χ3n) is 3.99. The molecule has 1 saturated carbocycles. The van der Waals surface area contributed by atoms with E-state index in [4.69, 9.17) is 10.5 Å². The van der Waals surface area contributed by atoms with Gasteiger partial charge in [0.25, 0.3) is 0 Å². The van der Waals surface area contributed by atoms with Crippen LogP contribution < -0.4 is 11.1 Å². The zero-order chi connectivity index (χ0) is 13.7. The van der Waals surface area contributed by atoms with Crippen LogP contribution >= 0.6 is 0 Å². The second-order valence-corrected chi connectivity index (χ2v) is 5.17. The number of carbonyl (C=O) groups excluding carboxylic acids is 1. The molecule has 0 bridgehead atoms. The molecule has 1 aliphatic rings. The van der Waals surface area contributed by atoms with Crippen molar-refractivity contribution in [1.29, 1.82) is 0 Å². The smallest absolute Gasteiger partial charge is 0.223 e. The van der Waals surface area contributed by atoms with Gasteiger partial charge >= 0.3 is 0 Å². The number of rotatable bonds is 6. The second-order valence-electron chi connectivity index (χ2n) is 5.17. The Morgan fingerprint density at radius 3 is 2.58 bits per heavy atom. The molecule has 1 amide bonds. The van der Waals surface area contributed by atoms with E-state index in [2.05, 4.69) is 5.32 Å². The van der Waals surface area contributed by atoms with Crippen molar-refractivity contribution in [2.75, 3.05) is 7.11 Å². The first-order valence-corrected chi connectivity index (χ1v) is 6.78. The molecule has 0 spiro atoms. The molecule has 19 heavy (non-hydrogen) atoms. The van der Waals surface area contributed by atoms with Gasteiger partial charge in [0.05, 0.1) is 12.0 Å². The summed E-state index contributed by atoms with van der Waals surface area (Å²) >= 11 is 0. The Morgan fingerprint density at radius 2 is 2.05 bits per heavy atom. The van der Waals surface area contributed by atoms with E-state index in [0.29, 0.717) is 19.5 Å². The summed E-state index contributed by atoms with van der Waals surface area (Å²) < 4.78 is 5.46. The molecule has 0 atom stereocenters. The highest BCUT2D eigenvalue weighted by atomic mass is 16.5. The molecular weight excluding hydrogens is 240 g/mol. The van der Waals surface area contributed by atoms with Crippen LogP contribution in [0, 0.1) is 0 Å². The molecule has 0 radical (unpaired) electrons. The minimum atomic E-state index is -0.211. The number of amides is 1. The van der Waals surface area contributed by atoms with Crippen LogP contribution in [0.1, 0.15) is 36.8 Å². The summed E-state index contributed by atoms with van der Waals surface area (Å²) in [6.07, 6.45) is 3.57. The van der Waals surface area contributed by atoms with Gasteiger partial charge in [-0.25, -0.2) is 0 Å². The summed E-state index contributed by atoms with van der Waals surface area (Å²) in [5.41, 5.74) is 7.63. The van der Waals surface area contributed by atoms with Crippen LogP contribution in [0.3, 0.4) is 0 Å². The van der Waals surface area contributed by atoms with Gasteiger partial charge in [0.2, 0.25) is 5.91 Å². The minimum absolute atomic E-state index is 0.0494. The molecule has 1 fully saturated rings. The van der Waals surface area contributed by atoms with Crippen molar-refractivity contribution in [3.05, 3.63) is 35.4 Å². The molecule has 0 aliphatic heterocycles. The summed E-state index contributed by atoms with van der Waals surface area (Å²) in [5, 5.41) is 2.96. The van der Waals surface area contributed by atoms with Crippen molar-refractivity contribution in [3.8, 4) is 0 Å². The summed E-state index contributed by atoms with van der Waals surface area (Å²) in [4.78, 5) is 12.0. The number of nitrogens with one attached hydrogen (secondary N) is 1. The third kappa shape index (κ3) is 3.33. The summed E-state index contributed by atoms with van der Waals surface area (Å²) in [6.45, 7) is 1.03. The number of nitrogens with two attached hydrogens (primary N) is 1. The fraction of sp³-hybridized carbons (Fsp3) is 0.533. The molecule has 104 valence electrons. The van der Waals surface area contributed by atoms with Crippen molar-refractivity contribution >= 4 is 5.91 Å². The standard InChI is InChI=1S/C15H22N2O2/c1-19-15(7-4-8-15)9-14(18)17-11-13-6-3-2-5-12(13)10-16/h2-3,5-6H,4,7-11,16H2,1H3,(H,17,18). The molecule has 4 heteroatoms. The highest BCUT2D eigenvalue weighted by molar-refractivity contribution is 5.77. The molecule has 1 aromatic rings. The van der Waals surface area contributed by atoms with Crippen molar-refractivity contribution in [3.63, 3.8) is 0 Å². The van der Waals surface area contributed by atoms with Crippen LogP contribution in [-0.4, -0.2) is 18.6 Å². The molecule has 0 unspecified atom stereocenters. The normalized spacial score (nSPS) is 16.7. The van der Waals surface area contributed by atoms with E-state index in [1.165, 1.54) is 0 Å². The minimum Gasteiger partial charge on any atom is -0.378 e. The average Bonchev–Trinajstić information content (AvgIpc) is 2.41. The Balaban J connectivity index is 1.86. The summed E-state index contributed by atoms with van der Waals surface area (Å²) in [5.74, 6) is 0.0494. The van der Waals surface area contributed by atoms with Crippen LogP contribution in [-0.2, 0) is 22.6 Å². The lowest BCUT2D eigenvalue weighted by molar-refractivity contribution is -0.134. The molecule has 1 aromatic carbocycles. The van der Waals surface area contributed by atoms with E-state index in [0.717, 1.165) is 30.4 Å². The molecular formula is C15H22N2O2. The quantitative estimate of drug-likeness (QED) is 0.820. The fourth-order valence-electron chi connectivity index (χ4n) is 2.50. The zero-order valence-corrected chi connectivity index (χ0v) is 11.4. The topological polar surface area (TPSA) is 64.3 Å². The number of methoxy groups -OCH3 is 1. The Hall–Kier alpha value is -1.39. The predicted molar refractivity (Wildman–Crippen MR) is 74.4 cm³/mol. The molecule has 1 aliphatic carbocycles. The van der Waals surface area contributed by atoms with Gasteiger partial charge < -0.3 is 15.8 Å². The maximum Gasteiger partial charge on any atom is 0.223 e. The first-order valence-electron chi connectivity index (χ1n) is 6.78. The molecule has 3 N–H and O–H groups in total. The van der Waals surface area contributed by atoms with E-state index in [9.17, 15) is 4.79 Å². The highest BCUT2D eigenvalue weighted by Crippen LogP contribution is 2.37. The Bertz CT molecular complexity index is 436. The Labute approximate surface area is 114 Å². The van der Waals surface area contributed by atoms with Crippen LogP contribution in [0.5, 0.6) is 0 Å². The first-order chi connectivity index (χ1) is 9.19. The lowest BCUT2D eigenvalue weighted by Crippen LogP contribution is -2.43. The van der Waals surface area contributed by atoms with Crippen molar-refractivity contribution in [2.45, 2.75) is 44.4 Å². The largest absolute Gasteiger partial charge is 0.378 e. The first kappa shape index (κ1) is 14.0. The summed E-state index contributed by atoms with van der Waals surface area (Å²) in [6, 6.07) is 7.91. The van der Waals surface area contributed by atoms with Crippen LogP contribution in [0.2, 0.25) is 0 Å². The van der Waals surface area contributed by atoms with Gasteiger partial charge in [-0.1, -0.05) is 24.3 Å². The zero-order valence-electron chi connectivity index (χ0n) is 11.4. The number of hydrogen-bond donors (Lipinski definition) is 2. The fourth-order valence-corrected chi connectivity index (χ4v) is 2.50. The second kappa shape index (κ2) is 6.17. The SMILES string of the molecule is COC1(CC(=O)NCc2ccccc2CN)CCC1. The molecule has 2 rings (SSSR count). The van der Waals surface area contributed by atoms with E-state index in [1.54, 1.807) is 7.11 Å². The number of carbonyl (C=O) groups is 1. The van der Waals surface area contributed by atoms with E-state index >= 15 is 0 Å². The van der Waals surface area contributed by atoms with Crippen LogP contribution in [0.25, 0.3) is 0 Å². The van der Waals surface area contributed by atoms with Crippen molar-refractivity contribution in [2.24, 2.45) is 5.73 Å². The monoisotopic (exact) mass is 262 g/mol. The van der Waals surface area contributed by atoms with Gasteiger partial charge in [0.15, 0.2) is 0 Å². The van der Waals surface area contributed by atoms with Crippen molar-refractivity contribution in [1.82, 2.24) is 5.32 Å². The number of benzene rings is 1. The van der Waals surface area contributed by atoms with Gasteiger partial charge in [0, 0.05) is 20.2 Å². The third-order valence-corrected chi connectivity index (χ3v) is 3.99. The average molecular weight is 262 g/mol. The summed E-state index contributed by atoms with van der Waals surface area (Å²) in [7, 11) is 1.69. The van der Waals surface area contributed by atoms with E-state index in [1.807, 2.05) is 24.3 Å². The van der Waals surface area contributed by atoms with Gasteiger partial charge in [0.1, 0.15) is 0 Å². The van der Waals surface area contributed by atoms with Gasteiger partial charge in [-0.2, -0.15) is 0 Å². The maximum atomic E-state index is 12.0. The lowest BCUT2D eigenvalue weighted by Gasteiger charge is -2.39. The van der Waals surface area contributed by atoms with E-state index in [-0.39, 0.29) is 11.5 Å².